The van der Waals surface area contributed by atoms with E-state index in [0.29, 0.717) is 31.3 Å². The van der Waals surface area contributed by atoms with Crippen LogP contribution >= 0.6 is 0 Å². The van der Waals surface area contributed by atoms with Crippen LogP contribution in [0.25, 0.3) is 0 Å². The minimum Gasteiger partial charge on any atom is -0.389 e. The monoisotopic (exact) mass is 271 g/mol. The molecule has 2 fully saturated rings. The highest BCUT2D eigenvalue weighted by Gasteiger charge is 2.22. The predicted molar refractivity (Wildman–Crippen MR) is 75.2 cm³/mol. The molecule has 0 aromatic carbocycles. The van der Waals surface area contributed by atoms with Crippen LogP contribution in [0.4, 0.5) is 0 Å². The summed E-state index contributed by atoms with van der Waals surface area (Å²) in [6.07, 6.45) is 7.59. The van der Waals surface area contributed by atoms with Crippen molar-refractivity contribution in [2.75, 3.05) is 26.3 Å². The van der Waals surface area contributed by atoms with Crippen LogP contribution in [-0.2, 0) is 9.47 Å². The fraction of sp³-hybridized carbons (Fsp3) is 1.00. The Kier molecular flexibility index (Phi) is 6.57. The minimum atomic E-state index is -0.407. The van der Waals surface area contributed by atoms with Crippen LogP contribution in [0.1, 0.15) is 45.4 Å². The second-order valence-electron chi connectivity index (χ2n) is 6.08. The summed E-state index contributed by atoms with van der Waals surface area (Å²) < 4.78 is 11.4. The Bertz CT molecular complexity index is 244. The summed E-state index contributed by atoms with van der Waals surface area (Å²) in [5.41, 5.74) is 0. The van der Waals surface area contributed by atoms with E-state index in [2.05, 4.69) is 12.2 Å². The molecule has 19 heavy (non-hydrogen) atoms. The topological polar surface area (TPSA) is 50.7 Å². The third-order valence-corrected chi connectivity index (χ3v) is 4.31. The molecular weight excluding hydrogens is 242 g/mol. The van der Waals surface area contributed by atoms with E-state index in [1.807, 2.05) is 0 Å². The lowest BCUT2D eigenvalue weighted by Gasteiger charge is -2.29. The Morgan fingerprint density at radius 3 is 2.84 bits per heavy atom. The van der Waals surface area contributed by atoms with Crippen molar-refractivity contribution in [3.05, 3.63) is 0 Å². The van der Waals surface area contributed by atoms with Crippen LogP contribution in [0, 0.1) is 5.92 Å². The van der Waals surface area contributed by atoms with E-state index in [4.69, 9.17) is 9.47 Å². The van der Waals surface area contributed by atoms with E-state index in [1.54, 1.807) is 0 Å². The number of aliphatic hydroxyl groups is 1. The van der Waals surface area contributed by atoms with E-state index in [9.17, 15) is 5.11 Å². The van der Waals surface area contributed by atoms with Gasteiger partial charge in [-0.15, -0.1) is 0 Å². The molecule has 1 heterocycles. The van der Waals surface area contributed by atoms with Crippen molar-refractivity contribution in [3.63, 3.8) is 0 Å². The number of hydrogen-bond donors (Lipinski definition) is 2. The maximum Gasteiger partial charge on any atom is 0.0897 e. The van der Waals surface area contributed by atoms with E-state index in [1.165, 1.54) is 19.3 Å². The Morgan fingerprint density at radius 2 is 2.11 bits per heavy atom. The fourth-order valence-corrected chi connectivity index (χ4v) is 3.04. The van der Waals surface area contributed by atoms with Crippen LogP contribution < -0.4 is 5.32 Å². The summed E-state index contributed by atoms with van der Waals surface area (Å²) in [5, 5.41) is 13.2. The smallest absolute Gasteiger partial charge is 0.0897 e. The van der Waals surface area contributed by atoms with Crippen molar-refractivity contribution >= 4 is 0 Å². The van der Waals surface area contributed by atoms with Crippen LogP contribution in [-0.4, -0.2) is 49.7 Å². The quantitative estimate of drug-likeness (QED) is 0.740. The van der Waals surface area contributed by atoms with Crippen molar-refractivity contribution in [2.24, 2.45) is 5.92 Å². The van der Waals surface area contributed by atoms with Gasteiger partial charge in [0.25, 0.3) is 0 Å². The zero-order valence-corrected chi connectivity index (χ0v) is 12.1. The van der Waals surface area contributed by atoms with Gasteiger partial charge in [0.05, 0.1) is 24.9 Å². The SMILES string of the molecule is CC1CCCCC1OCC(O)CNCC1CCCO1. The first-order valence-electron chi connectivity index (χ1n) is 7.87. The number of aliphatic hydroxyl groups excluding tert-OH is 1. The Hall–Kier alpha value is -0.160. The Labute approximate surface area is 116 Å². The van der Waals surface area contributed by atoms with Gasteiger partial charge >= 0.3 is 0 Å². The largest absolute Gasteiger partial charge is 0.389 e. The first-order valence-corrected chi connectivity index (χ1v) is 7.87. The third kappa shape index (κ3) is 5.38. The van der Waals surface area contributed by atoms with Crippen molar-refractivity contribution in [1.82, 2.24) is 5.32 Å². The summed E-state index contributed by atoms with van der Waals surface area (Å²) >= 11 is 0. The molecule has 0 aromatic rings. The molecule has 4 nitrogen and oxygen atoms in total. The second-order valence-corrected chi connectivity index (χ2v) is 6.08. The second kappa shape index (κ2) is 8.20. The van der Waals surface area contributed by atoms with Gasteiger partial charge in [0.15, 0.2) is 0 Å². The number of nitrogens with one attached hydrogen (secondary N) is 1. The molecule has 0 spiro atoms. The summed E-state index contributed by atoms with van der Waals surface area (Å²) in [6.45, 7) is 5.04. The molecule has 0 bridgehead atoms. The fourth-order valence-electron chi connectivity index (χ4n) is 3.04. The molecule has 1 aliphatic heterocycles. The van der Waals surface area contributed by atoms with Crippen LogP contribution in [0.2, 0.25) is 0 Å². The lowest BCUT2D eigenvalue weighted by molar-refractivity contribution is -0.0456. The van der Waals surface area contributed by atoms with Gasteiger partial charge < -0.3 is 19.9 Å². The van der Waals surface area contributed by atoms with E-state index in [0.717, 1.165) is 32.4 Å². The normalized spacial score (nSPS) is 33.5. The maximum absolute atomic E-state index is 9.91. The molecule has 0 radical (unpaired) electrons. The summed E-state index contributed by atoms with van der Waals surface area (Å²) in [7, 11) is 0. The molecule has 4 unspecified atom stereocenters. The highest BCUT2D eigenvalue weighted by Crippen LogP contribution is 2.26. The molecule has 4 atom stereocenters. The number of rotatable bonds is 7. The summed E-state index contributed by atoms with van der Waals surface area (Å²) in [5.74, 6) is 0.640. The molecule has 2 rings (SSSR count). The van der Waals surface area contributed by atoms with Gasteiger partial charge in [0, 0.05) is 19.7 Å². The van der Waals surface area contributed by atoms with Crippen molar-refractivity contribution in [2.45, 2.75) is 63.8 Å². The highest BCUT2D eigenvalue weighted by molar-refractivity contribution is 4.74. The standard InChI is InChI=1S/C15H29NO3/c1-12-5-2-3-7-15(12)19-11-13(17)9-16-10-14-6-4-8-18-14/h12-17H,2-11H2,1H3. The highest BCUT2D eigenvalue weighted by atomic mass is 16.5. The van der Waals surface area contributed by atoms with E-state index >= 15 is 0 Å². The van der Waals surface area contributed by atoms with Gasteiger partial charge in [0.2, 0.25) is 0 Å². The van der Waals surface area contributed by atoms with Crippen LogP contribution in [0.15, 0.2) is 0 Å². The molecule has 0 aromatic heterocycles. The zero-order valence-electron chi connectivity index (χ0n) is 12.1. The molecule has 1 saturated heterocycles. The van der Waals surface area contributed by atoms with Crippen LogP contribution in [0.3, 0.4) is 0 Å². The molecule has 1 saturated carbocycles. The Morgan fingerprint density at radius 1 is 1.26 bits per heavy atom. The summed E-state index contributed by atoms with van der Waals surface area (Å²) in [6, 6.07) is 0. The van der Waals surface area contributed by atoms with Gasteiger partial charge in [0.1, 0.15) is 0 Å². The van der Waals surface area contributed by atoms with E-state index in [-0.39, 0.29) is 0 Å². The molecule has 2 aliphatic rings. The van der Waals surface area contributed by atoms with Gasteiger partial charge in [-0.05, 0) is 31.6 Å². The molecule has 0 amide bonds. The van der Waals surface area contributed by atoms with Gasteiger partial charge in [-0.2, -0.15) is 0 Å². The number of hydrogen-bond acceptors (Lipinski definition) is 4. The molecule has 112 valence electrons. The van der Waals surface area contributed by atoms with Crippen LogP contribution in [0.5, 0.6) is 0 Å². The average Bonchev–Trinajstić information content (AvgIpc) is 2.91. The van der Waals surface area contributed by atoms with Crippen molar-refractivity contribution < 1.29 is 14.6 Å². The first kappa shape index (κ1) is 15.2. The van der Waals surface area contributed by atoms with Gasteiger partial charge in [-0.25, -0.2) is 0 Å². The summed E-state index contributed by atoms with van der Waals surface area (Å²) in [4.78, 5) is 0. The lowest BCUT2D eigenvalue weighted by atomic mass is 9.88. The van der Waals surface area contributed by atoms with Gasteiger partial charge in [-0.1, -0.05) is 19.8 Å². The molecule has 2 N–H and O–H groups in total. The molecular formula is C15H29NO3. The van der Waals surface area contributed by atoms with E-state index < -0.39 is 6.10 Å². The third-order valence-electron chi connectivity index (χ3n) is 4.31. The number of ether oxygens (including phenoxy) is 2. The first-order chi connectivity index (χ1) is 9.25. The Balaban J connectivity index is 1.52. The average molecular weight is 271 g/mol. The molecule has 1 aliphatic carbocycles. The minimum absolute atomic E-state index is 0.339. The lowest BCUT2D eigenvalue weighted by Crippen LogP contribution is -2.37. The predicted octanol–water partition coefficient (Wildman–Crippen LogP) is 1.71. The van der Waals surface area contributed by atoms with Gasteiger partial charge in [-0.3, -0.25) is 0 Å². The van der Waals surface area contributed by atoms with Crippen molar-refractivity contribution in [1.29, 1.82) is 0 Å². The zero-order chi connectivity index (χ0) is 13.5. The maximum atomic E-state index is 9.91. The molecule has 4 heteroatoms. The van der Waals surface area contributed by atoms with Crippen molar-refractivity contribution in [3.8, 4) is 0 Å².